The zero-order valence-corrected chi connectivity index (χ0v) is 10.8. The van der Waals surface area contributed by atoms with E-state index in [1.54, 1.807) is 0 Å². The van der Waals surface area contributed by atoms with Crippen LogP contribution in [0.5, 0.6) is 0 Å². The van der Waals surface area contributed by atoms with Crippen LogP contribution in [0.2, 0.25) is 0 Å². The average molecular weight is 296 g/mol. The number of halogens is 1. The van der Waals surface area contributed by atoms with Crippen LogP contribution >= 0.6 is 0 Å². The van der Waals surface area contributed by atoms with Crippen molar-refractivity contribution in [3.63, 3.8) is 0 Å². The van der Waals surface area contributed by atoms with Gasteiger partial charge in [-0.25, -0.2) is 17.6 Å². The molecule has 0 amide bonds. The summed E-state index contributed by atoms with van der Waals surface area (Å²) in [7, 11) is -4.23. The highest BCUT2D eigenvalue weighted by Gasteiger charge is 2.21. The summed E-state index contributed by atoms with van der Waals surface area (Å²) in [6.07, 6.45) is 2.26. The Hall–Kier alpha value is -2.48. The fourth-order valence-corrected chi connectivity index (χ4v) is 2.67. The van der Waals surface area contributed by atoms with Crippen molar-refractivity contribution in [3.8, 4) is 0 Å². The number of carboxylic acid groups (broad SMARTS) is 1. The number of aromatic carboxylic acids is 1. The second-order valence-electron chi connectivity index (χ2n) is 3.76. The minimum Gasteiger partial charge on any atom is -0.478 e. The van der Waals surface area contributed by atoms with Gasteiger partial charge in [-0.2, -0.15) is 0 Å². The monoisotopic (exact) mass is 296 g/mol. The molecule has 0 spiro atoms. The Morgan fingerprint density at radius 3 is 2.60 bits per heavy atom. The third kappa shape index (κ3) is 2.75. The molecule has 0 aliphatic heterocycles. The van der Waals surface area contributed by atoms with E-state index in [0.717, 1.165) is 24.4 Å². The fraction of sp³-hybridized carbons (Fsp3) is 0. The van der Waals surface area contributed by atoms with Crippen LogP contribution in [0.25, 0.3) is 0 Å². The van der Waals surface area contributed by atoms with E-state index in [2.05, 4.69) is 4.98 Å². The summed E-state index contributed by atoms with van der Waals surface area (Å²) in [6, 6.07) is 5.92. The predicted octanol–water partition coefficient (Wildman–Crippen LogP) is 1.72. The van der Waals surface area contributed by atoms with Gasteiger partial charge in [-0.05, 0) is 18.2 Å². The van der Waals surface area contributed by atoms with Gasteiger partial charge in [0.05, 0.1) is 17.4 Å². The Labute approximate surface area is 114 Å². The summed E-state index contributed by atoms with van der Waals surface area (Å²) in [5, 5.41) is 8.95. The molecule has 0 fully saturated rings. The van der Waals surface area contributed by atoms with Gasteiger partial charge in [-0.3, -0.25) is 9.71 Å². The maximum absolute atomic E-state index is 13.5. The van der Waals surface area contributed by atoms with E-state index >= 15 is 0 Å². The Kier molecular flexibility index (Phi) is 3.66. The first-order chi connectivity index (χ1) is 9.42. The zero-order chi connectivity index (χ0) is 14.8. The van der Waals surface area contributed by atoms with E-state index in [4.69, 9.17) is 5.11 Å². The minimum atomic E-state index is -4.23. The molecule has 8 heteroatoms. The number of rotatable bonds is 4. The molecule has 1 aromatic heterocycles. The highest BCUT2D eigenvalue weighted by atomic mass is 32.2. The van der Waals surface area contributed by atoms with Crippen LogP contribution in [-0.2, 0) is 10.0 Å². The van der Waals surface area contributed by atoms with Crippen LogP contribution in [0.4, 0.5) is 10.1 Å². The number of hydrogen-bond acceptors (Lipinski definition) is 4. The lowest BCUT2D eigenvalue weighted by Gasteiger charge is -2.10. The quantitative estimate of drug-likeness (QED) is 0.895. The molecule has 1 heterocycles. The highest BCUT2D eigenvalue weighted by Crippen LogP contribution is 2.20. The molecule has 0 saturated heterocycles. The van der Waals surface area contributed by atoms with E-state index in [1.807, 2.05) is 4.72 Å². The number of sulfonamides is 1. The minimum absolute atomic E-state index is 0.233. The largest absolute Gasteiger partial charge is 0.478 e. The molecule has 6 nitrogen and oxygen atoms in total. The number of hydrogen-bond donors (Lipinski definition) is 2. The van der Waals surface area contributed by atoms with Gasteiger partial charge >= 0.3 is 5.97 Å². The van der Waals surface area contributed by atoms with E-state index in [-0.39, 0.29) is 11.3 Å². The maximum atomic E-state index is 13.5. The summed E-state index contributed by atoms with van der Waals surface area (Å²) in [5.74, 6) is -2.25. The molecule has 2 N–H and O–H groups in total. The second-order valence-corrected chi connectivity index (χ2v) is 5.41. The van der Waals surface area contributed by atoms with Crippen molar-refractivity contribution in [1.82, 2.24) is 4.98 Å². The fourth-order valence-electron chi connectivity index (χ4n) is 1.52. The van der Waals surface area contributed by atoms with Gasteiger partial charge in [0.25, 0.3) is 10.0 Å². The predicted molar refractivity (Wildman–Crippen MR) is 68.4 cm³/mol. The van der Waals surface area contributed by atoms with Gasteiger partial charge < -0.3 is 5.11 Å². The van der Waals surface area contributed by atoms with Crippen molar-refractivity contribution < 1.29 is 22.7 Å². The molecule has 0 bridgehead atoms. The Balaban J connectivity index is 2.45. The van der Waals surface area contributed by atoms with Crippen LogP contribution in [-0.4, -0.2) is 24.5 Å². The molecule has 20 heavy (non-hydrogen) atoms. The first kappa shape index (κ1) is 13.9. The lowest BCUT2D eigenvalue weighted by atomic mass is 10.2. The summed E-state index contributed by atoms with van der Waals surface area (Å²) in [5.41, 5.74) is -0.511. The lowest BCUT2D eigenvalue weighted by Crippen LogP contribution is -2.17. The number of anilines is 1. The third-order valence-corrected chi connectivity index (χ3v) is 3.82. The van der Waals surface area contributed by atoms with Crippen LogP contribution < -0.4 is 4.72 Å². The van der Waals surface area contributed by atoms with E-state index in [9.17, 15) is 17.6 Å². The number of aromatic nitrogens is 1. The SMILES string of the molecule is O=C(O)c1ccncc1NS(=O)(=O)c1ccccc1F. The molecule has 0 saturated carbocycles. The molecule has 0 aliphatic carbocycles. The molecule has 2 aromatic rings. The number of nitrogens with zero attached hydrogens (tertiary/aromatic N) is 1. The molecule has 0 radical (unpaired) electrons. The molecular weight excluding hydrogens is 287 g/mol. The number of carboxylic acids is 1. The van der Waals surface area contributed by atoms with Crippen molar-refractivity contribution in [1.29, 1.82) is 0 Å². The maximum Gasteiger partial charge on any atom is 0.337 e. The molecule has 104 valence electrons. The van der Waals surface area contributed by atoms with Gasteiger partial charge in [0.1, 0.15) is 10.7 Å². The number of carbonyl (C=O) groups is 1. The van der Waals surface area contributed by atoms with Crippen molar-refractivity contribution in [2.75, 3.05) is 4.72 Å². The van der Waals surface area contributed by atoms with Gasteiger partial charge in [0.2, 0.25) is 0 Å². The number of nitrogens with one attached hydrogen (secondary N) is 1. The van der Waals surface area contributed by atoms with Crippen molar-refractivity contribution >= 4 is 21.7 Å². The highest BCUT2D eigenvalue weighted by molar-refractivity contribution is 7.92. The van der Waals surface area contributed by atoms with E-state index in [1.165, 1.54) is 18.3 Å². The van der Waals surface area contributed by atoms with Crippen LogP contribution in [0.1, 0.15) is 10.4 Å². The third-order valence-electron chi connectivity index (χ3n) is 2.42. The normalized spacial score (nSPS) is 11.1. The molecule has 1 aromatic carbocycles. The first-order valence-corrected chi connectivity index (χ1v) is 6.85. The van der Waals surface area contributed by atoms with Gasteiger partial charge in [0, 0.05) is 6.20 Å². The molecule has 0 aliphatic rings. The van der Waals surface area contributed by atoms with Gasteiger partial charge in [-0.15, -0.1) is 0 Å². The smallest absolute Gasteiger partial charge is 0.337 e. The number of benzene rings is 1. The molecular formula is C12H9FN2O4S. The van der Waals surface area contributed by atoms with E-state index < -0.39 is 26.7 Å². The van der Waals surface area contributed by atoms with Crippen LogP contribution in [0.15, 0.2) is 47.6 Å². The molecule has 2 rings (SSSR count). The van der Waals surface area contributed by atoms with Crippen molar-refractivity contribution in [2.24, 2.45) is 0 Å². The zero-order valence-electron chi connectivity index (χ0n) is 9.95. The molecule has 0 atom stereocenters. The van der Waals surface area contributed by atoms with Crippen LogP contribution in [0, 0.1) is 5.82 Å². The Bertz CT molecular complexity index is 762. The van der Waals surface area contributed by atoms with Crippen molar-refractivity contribution in [2.45, 2.75) is 4.90 Å². The topological polar surface area (TPSA) is 96.4 Å². The van der Waals surface area contributed by atoms with Crippen molar-refractivity contribution in [3.05, 3.63) is 54.1 Å². The van der Waals surface area contributed by atoms with Gasteiger partial charge in [0.15, 0.2) is 0 Å². The Morgan fingerprint density at radius 2 is 1.95 bits per heavy atom. The first-order valence-electron chi connectivity index (χ1n) is 5.36. The standard InChI is InChI=1S/C12H9FN2O4S/c13-9-3-1-2-4-11(9)20(18,19)15-10-7-14-6-5-8(10)12(16)17/h1-7,15H,(H,16,17). The average Bonchev–Trinajstić information content (AvgIpc) is 2.39. The molecule has 0 unspecified atom stereocenters. The second kappa shape index (κ2) is 5.25. The lowest BCUT2D eigenvalue weighted by molar-refractivity contribution is 0.0698. The summed E-state index contributed by atoms with van der Waals surface area (Å²) >= 11 is 0. The summed E-state index contributed by atoms with van der Waals surface area (Å²) < 4.78 is 39.6. The number of pyridine rings is 1. The van der Waals surface area contributed by atoms with Gasteiger partial charge in [-0.1, -0.05) is 12.1 Å². The summed E-state index contributed by atoms with van der Waals surface area (Å²) in [6.45, 7) is 0. The summed E-state index contributed by atoms with van der Waals surface area (Å²) in [4.78, 5) is 14.0. The Morgan fingerprint density at radius 1 is 1.25 bits per heavy atom. The van der Waals surface area contributed by atoms with Crippen LogP contribution in [0.3, 0.4) is 0 Å². The van der Waals surface area contributed by atoms with E-state index in [0.29, 0.717) is 0 Å².